The topological polar surface area (TPSA) is 46.5 Å². The molecule has 0 saturated carbocycles. The van der Waals surface area contributed by atoms with E-state index in [-0.39, 0.29) is 0 Å². The SMILES string of the molecule is C=C(CCOC(F)(F)C(F)(F)C(F)(F)F)C(=O)O. The van der Waals surface area contributed by atoms with Gasteiger partial charge in [0.05, 0.1) is 6.61 Å². The highest BCUT2D eigenvalue weighted by Gasteiger charge is 2.74. The molecule has 0 aliphatic heterocycles. The van der Waals surface area contributed by atoms with Crippen molar-refractivity contribution in [2.45, 2.75) is 24.6 Å². The Bertz CT molecular complexity index is 334. The number of alkyl halides is 7. The van der Waals surface area contributed by atoms with Crippen molar-refractivity contribution in [3.8, 4) is 0 Å². The van der Waals surface area contributed by atoms with Gasteiger partial charge in [-0.05, 0) is 0 Å². The van der Waals surface area contributed by atoms with Gasteiger partial charge in [-0.2, -0.15) is 30.7 Å². The normalized spacial score (nSPS) is 13.5. The fourth-order valence-corrected chi connectivity index (χ4v) is 0.665. The summed E-state index contributed by atoms with van der Waals surface area (Å²) in [5.74, 6) is -7.98. The van der Waals surface area contributed by atoms with Crippen LogP contribution < -0.4 is 0 Å². The molecule has 106 valence electrons. The van der Waals surface area contributed by atoms with E-state index < -0.39 is 42.8 Å². The van der Waals surface area contributed by atoms with E-state index in [1.54, 1.807) is 0 Å². The van der Waals surface area contributed by atoms with Crippen molar-refractivity contribution in [3.63, 3.8) is 0 Å². The monoisotopic (exact) mass is 284 g/mol. The molecule has 0 atom stereocenters. The first kappa shape index (κ1) is 16.7. The number of hydrogen-bond acceptors (Lipinski definition) is 2. The molecule has 0 bridgehead atoms. The Labute approximate surface area is 95.8 Å². The maximum atomic E-state index is 12.5. The van der Waals surface area contributed by atoms with Crippen LogP contribution >= 0.6 is 0 Å². The lowest BCUT2D eigenvalue weighted by Gasteiger charge is -2.27. The van der Waals surface area contributed by atoms with Gasteiger partial charge in [0.25, 0.3) is 0 Å². The molecule has 0 radical (unpaired) electrons. The molecule has 18 heavy (non-hydrogen) atoms. The van der Waals surface area contributed by atoms with Gasteiger partial charge in [0, 0.05) is 12.0 Å². The van der Waals surface area contributed by atoms with Gasteiger partial charge in [-0.3, -0.25) is 0 Å². The molecule has 0 aromatic carbocycles. The van der Waals surface area contributed by atoms with Crippen LogP contribution in [0.5, 0.6) is 0 Å². The largest absolute Gasteiger partial charge is 0.478 e. The molecular formula is C8H7F7O3. The summed E-state index contributed by atoms with van der Waals surface area (Å²) in [6.45, 7) is 1.51. The van der Waals surface area contributed by atoms with Crippen molar-refractivity contribution in [1.82, 2.24) is 0 Å². The maximum absolute atomic E-state index is 12.5. The van der Waals surface area contributed by atoms with Gasteiger partial charge in [0.1, 0.15) is 0 Å². The Balaban J connectivity index is 4.58. The summed E-state index contributed by atoms with van der Waals surface area (Å²) in [6.07, 6.45) is -13.1. The molecule has 0 saturated heterocycles. The molecular weight excluding hydrogens is 277 g/mol. The van der Waals surface area contributed by atoms with E-state index in [2.05, 4.69) is 11.3 Å². The summed E-state index contributed by atoms with van der Waals surface area (Å²) < 4.78 is 87.4. The first-order valence-corrected chi connectivity index (χ1v) is 4.20. The molecule has 0 unspecified atom stereocenters. The van der Waals surface area contributed by atoms with Gasteiger partial charge in [-0.1, -0.05) is 6.58 Å². The Morgan fingerprint density at radius 2 is 1.56 bits per heavy atom. The molecule has 0 aliphatic rings. The third-order valence-corrected chi connectivity index (χ3v) is 1.71. The Morgan fingerprint density at radius 1 is 1.11 bits per heavy atom. The first-order chi connectivity index (χ1) is 7.83. The standard InChI is InChI=1S/C8H7F7O3/c1-4(5(16)17)2-3-18-8(14,15)6(9,10)7(11,12)13/h1-3H2,(H,16,17). The minimum absolute atomic E-state index is 0.666. The van der Waals surface area contributed by atoms with Crippen LogP contribution in [0.2, 0.25) is 0 Å². The molecule has 0 aromatic heterocycles. The van der Waals surface area contributed by atoms with Crippen LogP contribution in [-0.2, 0) is 9.53 Å². The van der Waals surface area contributed by atoms with Crippen LogP contribution in [0.25, 0.3) is 0 Å². The minimum Gasteiger partial charge on any atom is -0.478 e. The Kier molecular flexibility index (Phi) is 4.75. The van der Waals surface area contributed by atoms with Gasteiger partial charge < -0.3 is 9.84 Å². The van der Waals surface area contributed by atoms with Crippen LogP contribution in [0.3, 0.4) is 0 Å². The molecule has 1 N–H and O–H groups in total. The molecule has 0 aromatic rings. The summed E-state index contributed by atoms with van der Waals surface area (Å²) in [6, 6.07) is 0. The van der Waals surface area contributed by atoms with Crippen molar-refractivity contribution in [2.24, 2.45) is 0 Å². The van der Waals surface area contributed by atoms with Crippen LogP contribution in [-0.4, -0.2) is 35.9 Å². The van der Waals surface area contributed by atoms with Crippen LogP contribution in [0, 0.1) is 0 Å². The first-order valence-electron chi connectivity index (χ1n) is 4.20. The minimum atomic E-state index is -6.49. The highest BCUT2D eigenvalue weighted by Crippen LogP contribution is 2.46. The zero-order chi connectivity index (χ0) is 14.8. The van der Waals surface area contributed by atoms with Gasteiger partial charge in [-0.15, -0.1) is 0 Å². The van der Waals surface area contributed by atoms with E-state index in [4.69, 9.17) is 5.11 Å². The lowest BCUT2D eigenvalue weighted by molar-refractivity contribution is -0.423. The van der Waals surface area contributed by atoms with E-state index in [1.165, 1.54) is 0 Å². The fourth-order valence-electron chi connectivity index (χ4n) is 0.665. The third kappa shape index (κ3) is 3.59. The number of ether oxygens (including phenoxy) is 1. The number of carbonyl (C=O) groups is 1. The van der Waals surface area contributed by atoms with E-state index in [0.29, 0.717) is 0 Å². The molecule has 0 spiro atoms. The number of carboxylic acid groups (broad SMARTS) is 1. The smallest absolute Gasteiger partial charge is 0.462 e. The Hall–Kier alpha value is -1.32. The molecule has 0 fully saturated rings. The van der Waals surface area contributed by atoms with Crippen molar-refractivity contribution in [1.29, 1.82) is 0 Å². The molecule has 0 rings (SSSR count). The highest BCUT2D eigenvalue weighted by atomic mass is 19.4. The molecule has 0 heterocycles. The number of hydrogen-bond donors (Lipinski definition) is 1. The van der Waals surface area contributed by atoms with E-state index in [0.717, 1.165) is 0 Å². The highest BCUT2D eigenvalue weighted by molar-refractivity contribution is 5.85. The second-order valence-corrected chi connectivity index (χ2v) is 3.10. The van der Waals surface area contributed by atoms with E-state index in [9.17, 15) is 35.5 Å². The number of halogens is 7. The number of carboxylic acids is 1. The van der Waals surface area contributed by atoms with Gasteiger partial charge in [0.15, 0.2) is 0 Å². The van der Waals surface area contributed by atoms with Crippen LogP contribution in [0.4, 0.5) is 30.7 Å². The van der Waals surface area contributed by atoms with E-state index >= 15 is 0 Å². The van der Waals surface area contributed by atoms with Crippen LogP contribution in [0.15, 0.2) is 12.2 Å². The number of aliphatic carboxylic acids is 1. The lowest BCUT2D eigenvalue weighted by atomic mass is 10.2. The second kappa shape index (κ2) is 5.12. The average molecular weight is 284 g/mol. The van der Waals surface area contributed by atoms with Gasteiger partial charge in [-0.25, -0.2) is 4.79 Å². The summed E-state index contributed by atoms with van der Waals surface area (Å²) in [5, 5.41) is 8.23. The quantitative estimate of drug-likeness (QED) is 0.602. The zero-order valence-electron chi connectivity index (χ0n) is 8.53. The lowest BCUT2D eigenvalue weighted by Crippen LogP contribution is -2.53. The fraction of sp³-hybridized carbons (Fsp3) is 0.625. The maximum Gasteiger partial charge on any atom is 0.462 e. The zero-order valence-corrected chi connectivity index (χ0v) is 8.53. The van der Waals surface area contributed by atoms with Gasteiger partial charge >= 0.3 is 24.2 Å². The summed E-state index contributed by atoms with van der Waals surface area (Å²) in [7, 11) is 0. The predicted octanol–water partition coefficient (Wildman–Crippen LogP) is 2.82. The van der Waals surface area contributed by atoms with Crippen molar-refractivity contribution in [3.05, 3.63) is 12.2 Å². The molecule has 3 nitrogen and oxygen atoms in total. The van der Waals surface area contributed by atoms with Crippen molar-refractivity contribution >= 4 is 5.97 Å². The second-order valence-electron chi connectivity index (χ2n) is 3.10. The van der Waals surface area contributed by atoms with Crippen LogP contribution in [0.1, 0.15) is 6.42 Å². The molecule has 10 heteroatoms. The van der Waals surface area contributed by atoms with Crippen molar-refractivity contribution < 1.29 is 45.4 Å². The molecule has 0 aliphatic carbocycles. The summed E-state index contributed by atoms with van der Waals surface area (Å²) in [5.41, 5.74) is -0.666. The third-order valence-electron chi connectivity index (χ3n) is 1.71. The van der Waals surface area contributed by atoms with E-state index in [1.807, 2.05) is 0 Å². The van der Waals surface area contributed by atoms with Gasteiger partial charge in [0.2, 0.25) is 0 Å². The summed E-state index contributed by atoms with van der Waals surface area (Å²) in [4.78, 5) is 10.1. The predicted molar refractivity (Wildman–Crippen MR) is 43.3 cm³/mol. The Morgan fingerprint density at radius 3 is 1.89 bits per heavy atom. The average Bonchev–Trinajstić information content (AvgIpc) is 2.14. The molecule has 0 amide bonds. The number of rotatable bonds is 6. The van der Waals surface area contributed by atoms with Crippen molar-refractivity contribution in [2.75, 3.05) is 6.61 Å². The summed E-state index contributed by atoms with van der Waals surface area (Å²) >= 11 is 0.